The van der Waals surface area contributed by atoms with Crippen LogP contribution in [0.4, 0.5) is 0 Å². The molecule has 0 atom stereocenters. The number of ketones is 2. The van der Waals surface area contributed by atoms with Crippen molar-refractivity contribution in [3.05, 3.63) is 47.5 Å². The molecule has 2 nitrogen and oxygen atoms in total. The number of unbranched alkanes of at least 4 members (excludes halogenated alkanes) is 2. The zero-order valence-corrected chi connectivity index (χ0v) is 13.5. The van der Waals surface area contributed by atoms with E-state index < -0.39 is 0 Å². The Morgan fingerprint density at radius 3 is 1.50 bits per heavy atom. The molecule has 0 aliphatic heterocycles. The molecule has 0 aliphatic rings. The number of carbonyl (C=O) groups excluding carboxylic acids is 2. The molecule has 0 amide bonds. The molecule has 2 aromatic rings. The lowest BCUT2D eigenvalue weighted by Gasteiger charge is -2.09. The maximum atomic E-state index is 12.4. The highest BCUT2D eigenvalue weighted by Gasteiger charge is 2.14. The third-order valence-corrected chi connectivity index (χ3v) is 4.04. The van der Waals surface area contributed by atoms with Gasteiger partial charge >= 0.3 is 0 Å². The summed E-state index contributed by atoms with van der Waals surface area (Å²) in [5.74, 6) is 0.344. The fourth-order valence-electron chi connectivity index (χ4n) is 2.74. The Labute approximate surface area is 132 Å². The van der Waals surface area contributed by atoms with Gasteiger partial charge in [-0.25, -0.2) is 0 Å². The lowest BCUT2D eigenvalue weighted by molar-refractivity contribution is 0.0972. The van der Waals surface area contributed by atoms with Crippen LogP contribution in [0.5, 0.6) is 0 Å². The molecule has 0 saturated heterocycles. The highest BCUT2D eigenvalue weighted by atomic mass is 16.1. The molecule has 2 aromatic carbocycles. The summed E-state index contributed by atoms with van der Waals surface area (Å²) in [6.07, 6.45) is 4.98. The highest BCUT2D eigenvalue weighted by molar-refractivity contribution is 6.14. The van der Waals surface area contributed by atoms with E-state index in [1.54, 1.807) is 0 Å². The number of Topliss-reactive ketones (excluding diaryl/α,β-unsaturated/α-hetero) is 2. The van der Waals surface area contributed by atoms with E-state index in [1.807, 2.05) is 36.4 Å². The summed E-state index contributed by atoms with van der Waals surface area (Å²) in [5.41, 5.74) is 1.49. The van der Waals surface area contributed by atoms with Gasteiger partial charge in [0.15, 0.2) is 11.6 Å². The minimum Gasteiger partial charge on any atom is -0.294 e. The van der Waals surface area contributed by atoms with E-state index in [9.17, 15) is 9.59 Å². The molecule has 0 N–H and O–H groups in total. The van der Waals surface area contributed by atoms with Crippen LogP contribution in [-0.4, -0.2) is 11.6 Å². The van der Waals surface area contributed by atoms with E-state index in [-0.39, 0.29) is 11.6 Å². The molecule has 0 unspecified atom stereocenters. The fraction of sp³-hybridized carbons (Fsp3) is 0.400. The predicted octanol–water partition coefficient (Wildman–Crippen LogP) is 5.59. The van der Waals surface area contributed by atoms with Gasteiger partial charge in [0.2, 0.25) is 0 Å². The summed E-state index contributed by atoms with van der Waals surface area (Å²) in [7, 11) is 0. The second-order valence-electron chi connectivity index (χ2n) is 5.76. The zero-order valence-electron chi connectivity index (χ0n) is 13.5. The summed E-state index contributed by atoms with van der Waals surface area (Å²) >= 11 is 0. The SMILES string of the molecule is CCCCC(=O)c1cccc2c(C(=O)CCCC)cccc12. The molecular weight excluding hydrogens is 272 g/mol. The van der Waals surface area contributed by atoms with Crippen molar-refractivity contribution in [1.29, 1.82) is 0 Å². The van der Waals surface area contributed by atoms with Crippen molar-refractivity contribution in [2.24, 2.45) is 0 Å². The van der Waals surface area contributed by atoms with E-state index in [0.717, 1.165) is 47.6 Å². The molecular formula is C20H24O2. The van der Waals surface area contributed by atoms with Crippen LogP contribution in [0.15, 0.2) is 36.4 Å². The van der Waals surface area contributed by atoms with Gasteiger partial charge in [-0.1, -0.05) is 63.1 Å². The van der Waals surface area contributed by atoms with Crippen LogP contribution < -0.4 is 0 Å². The van der Waals surface area contributed by atoms with E-state index in [1.165, 1.54) is 0 Å². The fourth-order valence-corrected chi connectivity index (χ4v) is 2.74. The molecule has 116 valence electrons. The maximum Gasteiger partial charge on any atom is 0.163 e. The van der Waals surface area contributed by atoms with Crippen molar-refractivity contribution in [2.45, 2.75) is 52.4 Å². The summed E-state index contributed by atoms with van der Waals surface area (Å²) < 4.78 is 0. The average molecular weight is 296 g/mol. The summed E-state index contributed by atoms with van der Waals surface area (Å²) in [5, 5.41) is 1.82. The van der Waals surface area contributed by atoms with Gasteiger partial charge in [-0.05, 0) is 23.6 Å². The zero-order chi connectivity index (χ0) is 15.9. The standard InChI is InChI=1S/C20H24O2/c1-3-5-13-19(21)17-11-7-10-16-15(17)9-8-12-18(16)20(22)14-6-4-2/h7-12H,3-6,13-14H2,1-2H3. The van der Waals surface area contributed by atoms with Crippen LogP contribution in [-0.2, 0) is 0 Å². The lowest BCUT2D eigenvalue weighted by atomic mass is 9.93. The second-order valence-corrected chi connectivity index (χ2v) is 5.76. The van der Waals surface area contributed by atoms with Crippen molar-refractivity contribution < 1.29 is 9.59 Å². The van der Waals surface area contributed by atoms with E-state index >= 15 is 0 Å². The number of hydrogen-bond acceptors (Lipinski definition) is 2. The molecule has 0 radical (unpaired) electrons. The first-order chi connectivity index (χ1) is 10.7. The number of carbonyl (C=O) groups is 2. The maximum absolute atomic E-state index is 12.4. The van der Waals surface area contributed by atoms with Crippen molar-refractivity contribution in [3.63, 3.8) is 0 Å². The number of rotatable bonds is 8. The van der Waals surface area contributed by atoms with Gasteiger partial charge in [-0.3, -0.25) is 9.59 Å². The van der Waals surface area contributed by atoms with Gasteiger partial charge in [-0.15, -0.1) is 0 Å². The molecule has 2 heteroatoms. The summed E-state index contributed by atoms with van der Waals surface area (Å²) in [4.78, 5) is 24.8. The van der Waals surface area contributed by atoms with Crippen LogP contribution in [0.1, 0.15) is 73.1 Å². The summed E-state index contributed by atoms with van der Waals surface area (Å²) in [6.45, 7) is 4.17. The molecule has 0 bridgehead atoms. The predicted molar refractivity (Wildman–Crippen MR) is 91.7 cm³/mol. The monoisotopic (exact) mass is 296 g/mol. The van der Waals surface area contributed by atoms with Crippen LogP contribution >= 0.6 is 0 Å². The van der Waals surface area contributed by atoms with Gasteiger partial charge in [0.25, 0.3) is 0 Å². The van der Waals surface area contributed by atoms with Gasteiger partial charge in [0, 0.05) is 24.0 Å². The topological polar surface area (TPSA) is 34.1 Å². The Bertz CT molecular complexity index is 611. The molecule has 2 rings (SSSR count). The largest absolute Gasteiger partial charge is 0.294 e. The molecule has 0 spiro atoms. The Morgan fingerprint density at radius 1 is 0.727 bits per heavy atom. The van der Waals surface area contributed by atoms with Crippen molar-refractivity contribution in [3.8, 4) is 0 Å². The molecule has 0 aromatic heterocycles. The third kappa shape index (κ3) is 3.62. The Hall–Kier alpha value is -1.96. The van der Waals surface area contributed by atoms with E-state index in [2.05, 4.69) is 13.8 Å². The minimum atomic E-state index is 0.172. The molecule has 0 fully saturated rings. The first-order valence-electron chi connectivity index (χ1n) is 8.27. The van der Waals surface area contributed by atoms with Crippen LogP contribution in [0.25, 0.3) is 10.8 Å². The van der Waals surface area contributed by atoms with Crippen LogP contribution in [0, 0.1) is 0 Å². The Kier molecular flexibility index (Phi) is 5.88. The quantitative estimate of drug-likeness (QED) is 0.595. The molecule has 0 saturated carbocycles. The number of benzene rings is 2. The van der Waals surface area contributed by atoms with Crippen molar-refractivity contribution in [2.75, 3.05) is 0 Å². The average Bonchev–Trinajstić information content (AvgIpc) is 2.56. The highest BCUT2D eigenvalue weighted by Crippen LogP contribution is 2.25. The molecule has 0 heterocycles. The second kappa shape index (κ2) is 7.88. The van der Waals surface area contributed by atoms with Crippen LogP contribution in [0.2, 0.25) is 0 Å². The third-order valence-electron chi connectivity index (χ3n) is 4.04. The molecule has 22 heavy (non-hydrogen) atoms. The van der Waals surface area contributed by atoms with Crippen molar-refractivity contribution in [1.82, 2.24) is 0 Å². The van der Waals surface area contributed by atoms with Crippen LogP contribution in [0.3, 0.4) is 0 Å². The Balaban J connectivity index is 2.42. The van der Waals surface area contributed by atoms with E-state index in [4.69, 9.17) is 0 Å². The smallest absolute Gasteiger partial charge is 0.163 e. The minimum absolute atomic E-state index is 0.172. The lowest BCUT2D eigenvalue weighted by Crippen LogP contribution is -2.03. The van der Waals surface area contributed by atoms with E-state index in [0.29, 0.717) is 12.8 Å². The van der Waals surface area contributed by atoms with Crippen molar-refractivity contribution >= 4 is 22.3 Å². The summed E-state index contributed by atoms with van der Waals surface area (Å²) in [6, 6.07) is 11.4. The van der Waals surface area contributed by atoms with Gasteiger partial charge < -0.3 is 0 Å². The Morgan fingerprint density at radius 2 is 1.14 bits per heavy atom. The van der Waals surface area contributed by atoms with Gasteiger partial charge in [0.1, 0.15) is 0 Å². The first-order valence-corrected chi connectivity index (χ1v) is 8.27. The van der Waals surface area contributed by atoms with Gasteiger partial charge in [0.05, 0.1) is 0 Å². The molecule has 0 aliphatic carbocycles. The number of hydrogen-bond donors (Lipinski definition) is 0. The number of fused-ring (bicyclic) bond motifs is 1. The van der Waals surface area contributed by atoms with Gasteiger partial charge in [-0.2, -0.15) is 0 Å². The normalized spacial score (nSPS) is 10.8. The first kappa shape index (κ1) is 16.4.